The second-order valence-corrected chi connectivity index (χ2v) is 6.73. The van der Waals surface area contributed by atoms with E-state index in [1.807, 2.05) is 0 Å². The molecule has 0 aliphatic heterocycles. The van der Waals surface area contributed by atoms with E-state index in [4.69, 9.17) is 27.8 Å². The Labute approximate surface area is 113 Å². The minimum atomic E-state index is -3.95. The van der Waals surface area contributed by atoms with E-state index in [1.165, 1.54) is 0 Å². The summed E-state index contributed by atoms with van der Waals surface area (Å²) in [6, 6.07) is 4.97. The van der Waals surface area contributed by atoms with E-state index < -0.39 is 10.1 Å². The average molecular weight is 348 g/mol. The monoisotopic (exact) mass is 346 g/mol. The van der Waals surface area contributed by atoms with Crippen LogP contribution in [0.3, 0.4) is 0 Å². The fourth-order valence-corrected chi connectivity index (χ4v) is 3.30. The van der Waals surface area contributed by atoms with Crippen molar-refractivity contribution in [2.45, 2.75) is 11.2 Å². The Bertz CT molecular complexity index is 476. The topological polar surface area (TPSA) is 54.4 Å². The third-order valence-electron chi connectivity index (χ3n) is 1.93. The second kappa shape index (κ2) is 5.69. The third kappa shape index (κ3) is 4.59. The summed E-state index contributed by atoms with van der Waals surface area (Å²) in [7, 11) is -3.95. The van der Waals surface area contributed by atoms with Crippen molar-refractivity contribution in [1.29, 1.82) is 0 Å². The first-order chi connectivity index (χ1) is 7.29. The van der Waals surface area contributed by atoms with Crippen LogP contribution in [-0.4, -0.2) is 18.7 Å². The van der Waals surface area contributed by atoms with Gasteiger partial charge in [0.2, 0.25) is 0 Å². The molecule has 16 heavy (non-hydrogen) atoms. The molecule has 1 aromatic carbocycles. The highest BCUT2D eigenvalue weighted by Crippen LogP contribution is 2.33. The molecule has 0 aliphatic carbocycles. The highest BCUT2D eigenvalue weighted by molar-refractivity contribution is 9.09. The first-order valence-electron chi connectivity index (χ1n) is 4.34. The molecule has 0 bridgehead atoms. The molecular formula is C9H9BrCl2O3S. The number of rotatable bonds is 4. The fraction of sp³-hybridized carbons (Fsp3) is 0.333. The van der Waals surface area contributed by atoms with Crippen LogP contribution in [0.25, 0.3) is 0 Å². The van der Waals surface area contributed by atoms with Crippen molar-refractivity contribution in [2.75, 3.05) is 5.75 Å². The maximum absolute atomic E-state index is 10.6. The summed E-state index contributed by atoms with van der Waals surface area (Å²) in [6.45, 7) is 0. The number of benzene rings is 1. The molecule has 0 saturated heterocycles. The molecule has 0 fully saturated rings. The van der Waals surface area contributed by atoms with Crippen LogP contribution in [0, 0.1) is 0 Å². The van der Waals surface area contributed by atoms with E-state index >= 15 is 0 Å². The zero-order chi connectivity index (χ0) is 12.3. The van der Waals surface area contributed by atoms with Gasteiger partial charge in [0.15, 0.2) is 0 Å². The Balaban J connectivity index is 2.77. The van der Waals surface area contributed by atoms with E-state index in [2.05, 4.69) is 15.9 Å². The summed E-state index contributed by atoms with van der Waals surface area (Å²) in [4.78, 5) is -0.237. The van der Waals surface area contributed by atoms with Crippen molar-refractivity contribution in [1.82, 2.24) is 0 Å². The lowest BCUT2D eigenvalue weighted by Gasteiger charge is -2.11. The van der Waals surface area contributed by atoms with Gasteiger partial charge in [0, 0.05) is 14.9 Å². The Hall–Kier alpha value is 0.190. The summed E-state index contributed by atoms with van der Waals surface area (Å²) in [6.07, 6.45) is 0.236. The van der Waals surface area contributed by atoms with Crippen molar-refractivity contribution in [3.8, 4) is 0 Å². The quantitative estimate of drug-likeness (QED) is 0.667. The molecule has 1 unspecified atom stereocenters. The zero-order valence-corrected chi connectivity index (χ0v) is 11.9. The largest absolute Gasteiger partial charge is 0.286 e. The van der Waals surface area contributed by atoms with Crippen molar-refractivity contribution in [3.63, 3.8) is 0 Å². The van der Waals surface area contributed by atoms with Gasteiger partial charge in [-0.25, -0.2) is 0 Å². The number of alkyl halides is 1. The predicted molar refractivity (Wildman–Crippen MR) is 69.2 cm³/mol. The maximum atomic E-state index is 10.6. The summed E-state index contributed by atoms with van der Waals surface area (Å²) < 4.78 is 29.8. The van der Waals surface area contributed by atoms with Crippen molar-refractivity contribution in [3.05, 3.63) is 33.8 Å². The molecule has 1 N–H and O–H groups in total. The molecule has 0 aromatic heterocycles. The molecule has 0 aliphatic rings. The third-order valence-corrected chi connectivity index (χ3v) is 4.19. The Kier molecular flexibility index (Phi) is 5.07. The Morgan fingerprint density at radius 1 is 1.38 bits per heavy atom. The highest BCUT2D eigenvalue weighted by atomic mass is 79.9. The van der Waals surface area contributed by atoms with Crippen LogP contribution >= 0.6 is 39.1 Å². The standard InChI is InChI=1S/C9H9BrCl2O3S/c10-8(3-4-16(13,14)15)7-2-1-6(11)5-9(7)12/h1-2,5,8H,3-4H2,(H,13,14,15). The average Bonchev–Trinajstić information content (AvgIpc) is 2.13. The van der Waals surface area contributed by atoms with Gasteiger partial charge in [-0.05, 0) is 24.1 Å². The lowest BCUT2D eigenvalue weighted by atomic mass is 10.1. The SMILES string of the molecule is O=S(=O)(O)CCC(Br)c1ccc(Cl)cc1Cl. The van der Waals surface area contributed by atoms with Gasteiger partial charge in [-0.1, -0.05) is 45.2 Å². The summed E-state index contributed by atoms with van der Waals surface area (Å²) >= 11 is 15.0. The van der Waals surface area contributed by atoms with Gasteiger partial charge in [-0.2, -0.15) is 8.42 Å². The van der Waals surface area contributed by atoms with Gasteiger partial charge >= 0.3 is 0 Å². The van der Waals surface area contributed by atoms with Crippen LogP contribution in [0.15, 0.2) is 18.2 Å². The molecule has 7 heteroatoms. The molecular weight excluding hydrogens is 339 g/mol. The van der Waals surface area contributed by atoms with Gasteiger partial charge in [-0.15, -0.1) is 0 Å². The summed E-state index contributed by atoms with van der Waals surface area (Å²) in [5.74, 6) is -0.318. The van der Waals surface area contributed by atoms with Crippen LogP contribution in [0.4, 0.5) is 0 Å². The maximum Gasteiger partial charge on any atom is 0.264 e. The molecule has 1 atom stereocenters. The molecule has 0 heterocycles. The van der Waals surface area contributed by atoms with Crippen LogP contribution in [0.2, 0.25) is 10.0 Å². The van der Waals surface area contributed by atoms with Crippen molar-refractivity contribution in [2.24, 2.45) is 0 Å². The van der Waals surface area contributed by atoms with Gasteiger partial charge in [-0.3, -0.25) is 4.55 Å². The zero-order valence-electron chi connectivity index (χ0n) is 8.03. The van der Waals surface area contributed by atoms with Crippen molar-refractivity contribution < 1.29 is 13.0 Å². The first kappa shape index (κ1) is 14.3. The van der Waals surface area contributed by atoms with E-state index in [0.717, 1.165) is 5.56 Å². The number of hydrogen-bond donors (Lipinski definition) is 1. The second-order valence-electron chi connectivity index (χ2n) is 3.21. The van der Waals surface area contributed by atoms with Crippen LogP contribution in [-0.2, 0) is 10.1 Å². The van der Waals surface area contributed by atoms with E-state index in [9.17, 15) is 8.42 Å². The van der Waals surface area contributed by atoms with Crippen LogP contribution in [0.1, 0.15) is 16.8 Å². The highest BCUT2D eigenvalue weighted by Gasteiger charge is 2.15. The van der Waals surface area contributed by atoms with E-state index in [0.29, 0.717) is 10.0 Å². The molecule has 0 amide bonds. The minimum absolute atomic E-state index is 0.236. The number of halogens is 3. The van der Waals surface area contributed by atoms with E-state index in [1.54, 1.807) is 18.2 Å². The van der Waals surface area contributed by atoms with Gasteiger partial charge in [0.05, 0.1) is 5.75 Å². The Morgan fingerprint density at radius 3 is 2.50 bits per heavy atom. The minimum Gasteiger partial charge on any atom is -0.286 e. The molecule has 1 aromatic rings. The predicted octanol–water partition coefficient (Wildman–Crippen LogP) is 3.71. The smallest absolute Gasteiger partial charge is 0.264 e. The van der Waals surface area contributed by atoms with Gasteiger partial charge in [0.25, 0.3) is 10.1 Å². The summed E-state index contributed by atoms with van der Waals surface area (Å²) in [5.41, 5.74) is 0.745. The lowest BCUT2D eigenvalue weighted by molar-refractivity contribution is 0.481. The van der Waals surface area contributed by atoms with Crippen LogP contribution in [0.5, 0.6) is 0 Å². The van der Waals surface area contributed by atoms with Crippen LogP contribution < -0.4 is 0 Å². The summed E-state index contributed by atoms with van der Waals surface area (Å²) in [5, 5.41) is 0.980. The fourth-order valence-electron chi connectivity index (χ4n) is 1.16. The molecule has 90 valence electrons. The molecule has 0 saturated carbocycles. The lowest BCUT2D eigenvalue weighted by Crippen LogP contribution is -2.06. The molecule has 0 radical (unpaired) electrons. The van der Waals surface area contributed by atoms with E-state index in [-0.39, 0.29) is 17.0 Å². The number of hydrogen-bond acceptors (Lipinski definition) is 2. The molecule has 3 nitrogen and oxygen atoms in total. The molecule has 1 rings (SSSR count). The first-order valence-corrected chi connectivity index (χ1v) is 7.62. The van der Waals surface area contributed by atoms with Gasteiger partial charge in [0.1, 0.15) is 0 Å². The van der Waals surface area contributed by atoms with Crippen molar-refractivity contribution >= 4 is 49.2 Å². The Morgan fingerprint density at radius 2 is 2.00 bits per heavy atom. The van der Waals surface area contributed by atoms with Gasteiger partial charge < -0.3 is 0 Å². The normalized spacial score (nSPS) is 13.8. The molecule has 0 spiro atoms.